The number of H-pyrrole nitrogens is 1. The molecule has 49 heavy (non-hydrogen) atoms. The summed E-state index contributed by atoms with van der Waals surface area (Å²) in [7, 11) is -2.23. The Morgan fingerprint density at radius 3 is 2.53 bits per heavy atom. The minimum Gasteiger partial charge on any atom is -0.449 e. The molecular formula is C37H37N5O6S. The third-order valence-electron chi connectivity index (χ3n) is 8.69. The van der Waals surface area contributed by atoms with E-state index in [4.69, 9.17) is 4.74 Å². The van der Waals surface area contributed by atoms with Gasteiger partial charge in [0.05, 0.1) is 30.3 Å². The van der Waals surface area contributed by atoms with Gasteiger partial charge in [-0.15, -0.1) is 0 Å². The summed E-state index contributed by atoms with van der Waals surface area (Å²) < 4.78 is 34.1. The summed E-state index contributed by atoms with van der Waals surface area (Å²) in [6, 6.07) is 26.7. The molecular weight excluding hydrogens is 643 g/mol. The van der Waals surface area contributed by atoms with Crippen molar-refractivity contribution in [3.05, 3.63) is 130 Å². The Kier molecular flexibility index (Phi) is 9.41. The number of pyridine rings is 1. The topological polar surface area (TPSA) is 141 Å². The molecule has 11 nitrogen and oxygen atoms in total. The zero-order valence-electron chi connectivity index (χ0n) is 27.4. The molecule has 0 spiro atoms. The van der Waals surface area contributed by atoms with Gasteiger partial charge >= 0.3 is 6.09 Å². The summed E-state index contributed by atoms with van der Waals surface area (Å²) in [6.07, 6.45) is 0.931. The van der Waals surface area contributed by atoms with Gasteiger partial charge in [0, 0.05) is 42.5 Å². The van der Waals surface area contributed by atoms with Gasteiger partial charge in [0.2, 0.25) is 5.91 Å². The molecule has 6 rings (SSSR count). The minimum atomic E-state index is -3.85. The van der Waals surface area contributed by atoms with Gasteiger partial charge in [-0.3, -0.25) is 19.2 Å². The Morgan fingerprint density at radius 1 is 0.980 bits per heavy atom. The van der Waals surface area contributed by atoms with Crippen molar-refractivity contribution in [1.29, 1.82) is 0 Å². The standard InChI is InChI=1S/C37H37N5O6S/c1-24-8-4-6-10-31(24)25(2)23-48-37(45)40-30-14-15-33(42-22-27-9-5-7-11-34(27)49(42,46)47)28(18-30)21-41(3)35(43)20-39-29-13-12-26-16-17-38-36(44)32(26)19-29/h4-19,25,39H,20-23H2,1-3H3,(H,38,44)(H,40,45)/t25-/m0/s1. The van der Waals surface area contributed by atoms with E-state index >= 15 is 0 Å². The summed E-state index contributed by atoms with van der Waals surface area (Å²) in [5.41, 5.74) is 4.54. The normalized spacial score (nSPS) is 13.8. The van der Waals surface area contributed by atoms with Gasteiger partial charge in [-0.2, -0.15) is 0 Å². The number of amides is 2. The lowest BCUT2D eigenvalue weighted by Gasteiger charge is -2.25. The molecule has 12 heteroatoms. The van der Waals surface area contributed by atoms with Crippen LogP contribution in [0.5, 0.6) is 0 Å². The van der Waals surface area contributed by atoms with E-state index in [0.717, 1.165) is 16.5 Å². The second kappa shape index (κ2) is 13.9. The quantitative estimate of drug-likeness (QED) is 0.165. The molecule has 0 radical (unpaired) electrons. The molecule has 2 amide bonds. The number of nitrogens with zero attached hydrogens (tertiary/aromatic N) is 2. The van der Waals surface area contributed by atoms with E-state index < -0.39 is 16.1 Å². The lowest BCUT2D eigenvalue weighted by Crippen LogP contribution is -2.33. The number of benzene rings is 4. The van der Waals surface area contributed by atoms with Gasteiger partial charge in [0.15, 0.2) is 0 Å². The number of sulfonamides is 1. The number of carbonyl (C=O) groups excluding carboxylic acids is 2. The molecule has 3 N–H and O–H groups in total. The van der Waals surface area contributed by atoms with Gasteiger partial charge in [0.1, 0.15) is 0 Å². The van der Waals surface area contributed by atoms with Crippen molar-refractivity contribution >= 4 is 49.9 Å². The average Bonchev–Trinajstić information content (AvgIpc) is 3.36. The highest BCUT2D eigenvalue weighted by atomic mass is 32.2. The monoisotopic (exact) mass is 679 g/mol. The molecule has 252 valence electrons. The van der Waals surface area contributed by atoms with Crippen LogP contribution in [0.3, 0.4) is 0 Å². The average molecular weight is 680 g/mol. The maximum atomic E-state index is 13.6. The summed E-state index contributed by atoms with van der Waals surface area (Å²) in [4.78, 5) is 42.8. The highest BCUT2D eigenvalue weighted by Crippen LogP contribution is 2.37. The summed E-state index contributed by atoms with van der Waals surface area (Å²) >= 11 is 0. The van der Waals surface area contributed by atoms with E-state index in [-0.39, 0.29) is 48.5 Å². The molecule has 1 atom stereocenters. The van der Waals surface area contributed by atoms with E-state index in [1.165, 1.54) is 9.21 Å². The van der Waals surface area contributed by atoms with Crippen molar-refractivity contribution in [3.63, 3.8) is 0 Å². The first-order valence-corrected chi connectivity index (χ1v) is 17.3. The predicted octanol–water partition coefficient (Wildman–Crippen LogP) is 5.97. The van der Waals surface area contributed by atoms with Crippen LogP contribution in [-0.2, 0) is 32.6 Å². The predicted molar refractivity (Wildman–Crippen MR) is 190 cm³/mol. The van der Waals surface area contributed by atoms with Crippen molar-refractivity contribution in [1.82, 2.24) is 9.88 Å². The Bertz CT molecular complexity index is 2220. The summed E-state index contributed by atoms with van der Waals surface area (Å²) in [5.74, 6) is -0.293. The number of fused-ring (bicyclic) bond motifs is 2. The van der Waals surface area contributed by atoms with Crippen molar-refractivity contribution in [2.75, 3.05) is 35.1 Å². The Balaban J connectivity index is 1.20. The fraction of sp³-hybridized carbons (Fsp3) is 0.216. The van der Waals surface area contributed by atoms with Crippen LogP contribution >= 0.6 is 0 Å². The van der Waals surface area contributed by atoms with Gasteiger partial charge in [0.25, 0.3) is 15.6 Å². The first-order valence-electron chi connectivity index (χ1n) is 15.8. The molecule has 4 aromatic carbocycles. The second-order valence-corrected chi connectivity index (χ2v) is 14.0. The van der Waals surface area contributed by atoms with Gasteiger partial charge in [-0.05, 0) is 77.0 Å². The smallest absolute Gasteiger partial charge is 0.411 e. The highest BCUT2D eigenvalue weighted by molar-refractivity contribution is 7.93. The molecule has 1 aliphatic heterocycles. The Morgan fingerprint density at radius 2 is 1.73 bits per heavy atom. The van der Waals surface area contributed by atoms with E-state index in [1.54, 1.807) is 80.0 Å². The third-order valence-corrected chi connectivity index (χ3v) is 10.5. The fourth-order valence-electron chi connectivity index (χ4n) is 6.03. The zero-order chi connectivity index (χ0) is 34.7. The largest absolute Gasteiger partial charge is 0.449 e. The zero-order valence-corrected chi connectivity index (χ0v) is 28.2. The van der Waals surface area contributed by atoms with Gasteiger partial charge in [-0.25, -0.2) is 13.2 Å². The lowest BCUT2D eigenvalue weighted by atomic mass is 9.97. The number of aromatic amines is 1. The van der Waals surface area contributed by atoms with Crippen LogP contribution in [0.2, 0.25) is 0 Å². The minimum absolute atomic E-state index is 0.0181. The molecule has 0 aliphatic carbocycles. The van der Waals surface area contributed by atoms with Crippen molar-refractivity contribution in [2.45, 2.75) is 37.8 Å². The molecule has 0 saturated heterocycles. The van der Waals surface area contributed by atoms with E-state index in [0.29, 0.717) is 33.6 Å². The maximum absolute atomic E-state index is 13.6. The van der Waals surface area contributed by atoms with E-state index in [9.17, 15) is 22.8 Å². The number of carbonyl (C=O) groups is 2. The summed E-state index contributed by atoms with van der Waals surface area (Å²) in [5, 5.41) is 7.11. The number of hydrogen-bond donors (Lipinski definition) is 3. The Hall–Kier alpha value is -5.62. The number of aryl methyl sites for hydroxylation is 1. The van der Waals surface area contributed by atoms with Crippen LogP contribution in [0.1, 0.15) is 35.1 Å². The molecule has 0 fully saturated rings. The molecule has 0 bridgehead atoms. The molecule has 1 aromatic heterocycles. The molecule has 1 aliphatic rings. The number of hydrogen-bond acceptors (Lipinski definition) is 7. The number of likely N-dealkylation sites (N-methyl/N-ethyl adjacent to an activating group) is 1. The highest BCUT2D eigenvalue weighted by Gasteiger charge is 2.36. The molecule has 0 saturated carbocycles. The number of ether oxygens (including phenoxy) is 1. The Labute approximate surface area is 284 Å². The molecule has 0 unspecified atom stereocenters. The first kappa shape index (κ1) is 33.3. The number of rotatable bonds is 10. The van der Waals surface area contributed by atoms with Crippen LogP contribution in [0.25, 0.3) is 10.8 Å². The summed E-state index contributed by atoms with van der Waals surface area (Å²) in [6.45, 7) is 4.28. The third kappa shape index (κ3) is 7.14. The van der Waals surface area contributed by atoms with Crippen molar-refractivity contribution in [3.8, 4) is 0 Å². The van der Waals surface area contributed by atoms with Gasteiger partial charge < -0.3 is 19.9 Å². The second-order valence-electron chi connectivity index (χ2n) is 12.2. The molecule has 2 heterocycles. The number of aromatic nitrogens is 1. The first-order chi connectivity index (χ1) is 23.5. The van der Waals surface area contributed by atoms with Crippen LogP contribution in [0.15, 0.2) is 107 Å². The molecule has 5 aromatic rings. The maximum Gasteiger partial charge on any atom is 0.411 e. The van der Waals surface area contributed by atoms with Gasteiger partial charge in [-0.1, -0.05) is 55.5 Å². The van der Waals surface area contributed by atoms with Crippen LogP contribution in [0.4, 0.5) is 21.9 Å². The lowest BCUT2D eigenvalue weighted by molar-refractivity contribution is -0.128. The fourth-order valence-corrected chi connectivity index (χ4v) is 7.72. The van der Waals surface area contributed by atoms with Crippen molar-refractivity contribution in [2.24, 2.45) is 0 Å². The van der Waals surface area contributed by atoms with Crippen LogP contribution in [-0.4, -0.2) is 50.5 Å². The number of anilines is 3. The van der Waals surface area contributed by atoms with Crippen LogP contribution < -0.4 is 20.5 Å². The van der Waals surface area contributed by atoms with Crippen LogP contribution in [0, 0.1) is 6.92 Å². The number of nitrogens with one attached hydrogen (secondary N) is 3. The van der Waals surface area contributed by atoms with E-state index in [2.05, 4.69) is 15.6 Å². The van der Waals surface area contributed by atoms with E-state index in [1.807, 2.05) is 38.1 Å². The van der Waals surface area contributed by atoms with Crippen molar-refractivity contribution < 1.29 is 22.7 Å². The SMILES string of the molecule is Cc1ccccc1[C@@H](C)COC(=O)Nc1ccc(N2Cc3ccccc3S2(=O)=O)c(CN(C)C(=O)CNc2ccc3cc[nH]c(=O)c3c2)c1.